The van der Waals surface area contributed by atoms with Gasteiger partial charge in [0, 0.05) is 31.6 Å². The standard InChI is InChI=1S/C31H35N3O7S/c1-39-24-12-13-27(40-2)29(20-24)42(37,38)33-18-15-23(16-19-33)31(36)34-21-28(41-26-11-7-6-10-25(26)34)30(35)32-17-14-22-8-4-3-5-9-22/h3-13,20,23,28H,14-19,21H2,1-2H3,(H,32,35). The maximum Gasteiger partial charge on any atom is 0.262 e. The second kappa shape index (κ2) is 12.8. The minimum atomic E-state index is -3.88. The highest BCUT2D eigenvalue weighted by atomic mass is 32.2. The number of amides is 2. The third-order valence-corrected chi connectivity index (χ3v) is 9.60. The predicted octanol–water partition coefficient (Wildman–Crippen LogP) is 3.26. The number of ether oxygens (including phenoxy) is 3. The summed E-state index contributed by atoms with van der Waals surface area (Å²) in [4.78, 5) is 28.5. The molecule has 0 aliphatic carbocycles. The number of methoxy groups -OCH3 is 2. The molecule has 0 saturated carbocycles. The van der Waals surface area contributed by atoms with Gasteiger partial charge in [-0.05, 0) is 49.1 Å². The van der Waals surface area contributed by atoms with Crippen molar-refractivity contribution in [2.75, 3.05) is 45.3 Å². The molecule has 2 aliphatic heterocycles. The number of fused-ring (bicyclic) bond motifs is 1. The zero-order chi connectivity index (χ0) is 29.7. The molecule has 5 rings (SSSR count). The van der Waals surface area contributed by atoms with Crippen LogP contribution in [-0.4, -0.2) is 71.0 Å². The summed E-state index contributed by atoms with van der Waals surface area (Å²) < 4.78 is 44.9. The van der Waals surface area contributed by atoms with E-state index in [1.165, 1.54) is 24.6 Å². The Morgan fingerprint density at radius 2 is 1.67 bits per heavy atom. The number of anilines is 1. The summed E-state index contributed by atoms with van der Waals surface area (Å²) in [6.07, 6.45) is 0.512. The van der Waals surface area contributed by atoms with Gasteiger partial charge in [0.1, 0.15) is 22.1 Å². The number of para-hydroxylation sites is 2. The summed E-state index contributed by atoms with van der Waals surface area (Å²) in [5.41, 5.74) is 1.72. The Kier molecular flexibility index (Phi) is 8.98. The molecule has 1 atom stereocenters. The molecule has 0 bridgehead atoms. The molecule has 2 heterocycles. The third-order valence-electron chi connectivity index (χ3n) is 7.68. The number of carbonyl (C=O) groups excluding carboxylic acids is 2. The predicted molar refractivity (Wildman–Crippen MR) is 157 cm³/mol. The van der Waals surface area contributed by atoms with Gasteiger partial charge in [0.05, 0.1) is 26.5 Å². The first-order valence-corrected chi connectivity index (χ1v) is 15.4. The second-order valence-electron chi connectivity index (χ2n) is 10.2. The van der Waals surface area contributed by atoms with Gasteiger partial charge >= 0.3 is 0 Å². The van der Waals surface area contributed by atoms with Gasteiger partial charge in [-0.25, -0.2) is 8.42 Å². The molecule has 0 aromatic heterocycles. The molecule has 42 heavy (non-hydrogen) atoms. The van der Waals surface area contributed by atoms with E-state index in [4.69, 9.17) is 14.2 Å². The Bertz CT molecular complexity index is 1520. The van der Waals surface area contributed by atoms with Crippen molar-refractivity contribution in [2.24, 2.45) is 5.92 Å². The summed E-state index contributed by atoms with van der Waals surface area (Å²) >= 11 is 0. The number of sulfonamides is 1. The molecule has 0 spiro atoms. The van der Waals surface area contributed by atoms with Crippen LogP contribution in [0, 0.1) is 5.92 Å². The smallest absolute Gasteiger partial charge is 0.262 e. The van der Waals surface area contributed by atoms with E-state index in [9.17, 15) is 18.0 Å². The van der Waals surface area contributed by atoms with Crippen LogP contribution >= 0.6 is 0 Å². The summed E-state index contributed by atoms with van der Waals surface area (Å²) in [7, 11) is -0.989. The summed E-state index contributed by atoms with van der Waals surface area (Å²) in [6, 6.07) is 21.7. The van der Waals surface area contributed by atoms with Crippen LogP contribution < -0.4 is 24.4 Å². The van der Waals surface area contributed by atoms with Crippen molar-refractivity contribution in [1.82, 2.24) is 9.62 Å². The number of hydrogen-bond acceptors (Lipinski definition) is 7. The van der Waals surface area contributed by atoms with Crippen LogP contribution in [0.1, 0.15) is 18.4 Å². The Morgan fingerprint density at radius 3 is 2.38 bits per heavy atom. The highest BCUT2D eigenvalue weighted by Gasteiger charge is 2.39. The monoisotopic (exact) mass is 593 g/mol. The Labute approximate surface area is 246 Å². The number of carbonyl (C=O) groups is 2. The van der Waals surface area contributed by atoms with Crippen molar-refractivity contribution < 1.29 is 32.2 Å². The molecular weight excluding hydrogens is 558 g/mol. The lowest BCUT2D eigenvalue weighted by molar-refractivity contribution is -0.129. The number of rotatable bonds is 9. The molecule has 3 aromatic rings. The Hall–Kier alpha value is -4.09. The van der Waals surface area contributed by atoms with Gasteiger partial charge in [0.15, 0.2) is 6.10 Å². The molecule has 2 amide bonds. The average Bonchev–Trinajstić information content (AvgIpc) is 3.04. The average molecular weight is 594 g/mol. The molecule has 0 radical (unpaired) electrons. The van der Waals surface area contributed by atoms with Crippen molar-refractivity contribution in [3.05, 3.63) is 78.4 Å². The van der Waals surface area contributed by atoms with Crippen LogP contribution in [0.3, 0.4) is 0 Å². The summed E-state index contributed by atoms with van der Waals surface area (Å²) in [6.45, 7) is 0.874. The Balaban J connectivity index is 1.25. The van der Waals surface area contributed by atoms with E-state index >= 15 is 0 Å². The minimum absolute atomic E-state index is 0.0253. The number of nitrogens with one attached hydrogen (secondary N) is 1. The van der Waals surface area contributed by atoms with E-state index in [-0.39, 0.29) is 42.1 Å². The lowest BCUT2D eigenvalue weighted by Gasteiger charge is -2.38. The molecule has 10 nitrogen and oxygen atoms in total. The summed E-state index contributed by atoms with van der Waals surface area (Å²) in [5, 5.41) is 2.93. The van der Waals surface area contributed by atoms with E-state index in [0.29, 0.717) is 43.0 Å². The van der Waals surface area contributed by atoms with E-state index in [2.05, 4.69) is 5.32 Å². The van der Waals surface area contributed by atoms with Crippen molar-refractivity contribution in [2.45, 2.75) is 30.3 Å². The molecule has 1 saturated heterocycles. The minimum Gasteiger partial charge on any atom is -0.497 e. The summed E-state index contributed by atoms with van der Waals surface area (Å²) in [5.74, 6) is 0.258. The van der Waals surface area contributed by atoms with Crippen LogP contribution in [0.4, 0.5) is 5.69 Å². The fraction of sp³-hybridized carbons (Fsp3) is 0.355. The van der Waals surface area contributed by atoms with E-state index in [1.807, 2.05) is 36.4 Å². The van der Waals surface area contributed by atoms with Gasteiger partial charge in [-0.3, -0.25) is 9.59 Å². The molecule has 222 valence electrons. The van der Waals surface area contributed by atoms with Crippen LogP contribution in [-0.2, 0) is 26.0 Å². The zero-order valence-corrected chi connectivity index (χ0v) is 24.5. The van der Waals surface area contributed by atoms with E-state index < -0.39 is 22.0 Å². The lowest BCUT2D eigenvalue weighted by atomic mass is 9.95. The van der Waals surface area contributed by atoms with Gasteiger partial charge in [0.25, 0.3) is 5.91 Å². The number of nitrogens with zero attached hydrogens (tertiary/aromatic N) is 2. The topological polar surface area (TPSA) is 114 Å². The SMILES string of the molecule is COc1ccc(OC)c(S(=O)(=O)N2CCC(C(=O)N3CC(C(=O)NCCc4ccccc4)Oc4ccccc43)CC2)c1. The molecule has 2 aliphatic rings. The quantitative estimate of drug-likeness (QED) is 0.405. The van der Waals surface area contributed by atoms with Crippen molar-refractivity contribution >= 4 is 27.5 Å². The highest BCUT2D eigenvalue weighted by Crippen LogP contribution is 2.37. The maximum atomic E-state index is 13.8. The number of benzene rings is 3. The van der Waals surface area contributed by atoms with Crippen LogP contribution in [0.25, 0.3) is 0 Å². The first-order chi connectivity index (χ1) is 20.3. The van der Waals surface area contributed by atoms with Crippen LogP contribution in [0.2, 0.25) is 0 Å². The van der Waals surface area contributed by atoms with Gasteiger partial charge in [-0.15, -0.1) is 0 Å². The van der Waals surface area contributed by atoms with Crippen molar-refractivity contribution in [3.63, 3.8) is 0 Å². The Morgan fingerprint density at radius 1 is 0.952 bits per heavy atom. The maximum absolute atomic E-state index is 13.8. The largest absolute Gasteiger partial charge is 0.497 e. The number of hydrogen-bond donors (Lipinski definition) is 1. The van der Waals surface area contributed by atoms with Crippen molar-refractivity contribution in [1.29, 1.82) is 0 Å². The fourth-order valence-electron chi connectivity index (χ4n) is 5.36. The molecule has 3 aromatic carbocycles. The number of piperidine rings is 1. The molecular formula is C31H35N3O7S. The zero-order valence-electron chi connectivity index (χ0n) is 23.7. The first-order valence-electron chi connectivity index (χ1n) is 13.9. The second-order valence-corrected chi connectivity index (χ2v) is 12.2. The van der Waals surface area contributed by atoms with Gasteiger partial charge in [-0.1, -0.05) is 42.5 Å². The van der Waals surface area contributed by atoms with Crippen molar-refractivity contribution in [3.8, 4) is 17.2 Å². The molecule has 1 fully saturated rings. The molecule has 11 heteroatoms. The van der Waals surface area contributed by atoms with Crippen LogP contribution in [0.15, 0.2) is 77.7 Å². The van der Waals surface area contributed by atoms with Gasteiger partial charge < -0.3 is 24.4 Å². The lowest BCUT2D eigenvalue weighted by Crippen LogP contribution is -2.53. The normalized spacial score (nSPS) is 17.6. The molecule has 1 N–H and O–H groups in total. The molecule has 1 unspecified atom stereocenters. The fourth-order valence-corrected chi connectivity index (χ4v) is 7.00. The van der Waals surface area contributed by atoms with Gasteiger partial charge in [0.2, 0.25) is 15.9 Å². The van der Waals surface area contributed by atoms with E-state index in [1.54, 1.807) is 35.2 Å². The van der Waals surface area contributed by atoms with Gasteiger partial charge in [-0.2, -0.15) is 4.31 Å². The third kappa shape index (κ3) is 6.22. The first kappa shape index (κ1) is 29.4. The van der Waals surface area contributed by atoms with Crippen LogP contribution in [0.5, 0.6) is 17.2 Å². The van der Waals surface area contributed by atoms with E-state index in [0.717, 1.165) is 5.56 Å². The highest BCUT2D eigenvalue weighted by molar-refractivity contribution is 7.89.